The summed E-state index contributed by atoms with van der Waals surface area (Å²) in [4.78, 5) is 15.5. The summed E-state index contributed by atoms with van der Waals surface area (Å²) in [6.07, 6.45) is 1.56. The molecule has 3 N–H and O–H groups in total. The second-order valence-corrected chi connectivity index (χ2v) is 7.29. The molecule has 0 aliphatic carbocycles. The largest absolute Gasteiger partial charge is 0.393 e. The van der Waals surface area contributed by atoms with E-state index in [1.54, 1.807) is 6.33 Å². The Bertz CT molecular complexity index is 790. The van der Waals surface area contributed by atoms with E-state index in [2.05, 4.69) is 30.0 Å². The molecule has 0 spiro atoms. The maximum atomic E-state index is 13.1. The Morgan fingerprint density at radius 1 is 0.966 bits per heavy atom. The lowest BCUT2D eigenvalue weighted by molar-refractivity contribution is 0.0398. The Labute approximate surface area is 170 Å². The van der Waals surface area contributed by atoms with Gasteiger partial charge in [0.1, 0.15) is 17.8 Å². The first-order valence-corrected chi connectivity index (χ1v) is 10.1. The molecule has 8 nitrogen and oxygen atoms in total. The van der Waals surface area contributed by atoms with Crippen molar-refractivity contribution in [1.82, 2.24) is 14.9 Å². The number of benzene rings is 1. The average molecular weight is 401 g/mol. The SMILES string of the molecule is Nc1c(NCCN2CCOCC2)ncnc1N1CCN(c2ccc(F)cc2)CC1. The van der Waals surface area contributed by atoms with Crippen molar-refractivity contribution >= 4 is 23.0 Å². The van der Waals surface area contributed by atoms with Gasteiger partial charge in [0.05, 0.1) is 13.2 Å². The van der Waals surface area contributed by atoms with Crippen LogP contribution in [0.15, 0.2) is 30.6 Å². The lowest BCUT2D eigenvalue weighted by atomic mass is 10.2. The fraction of sp³-hybridized carbons (Fsp3) is 0.500. The molecule has 29 heavy (non-hydrogen) atoms. The molecular weight excluding hydrogens is 373 g/mol. The number of nitrogen functional groups attached to an aromatic ring is 1. The standard InChI is InChI=1S/C20H28FN7O/c21-16-1-3-17(4-2-16)27-7-9-28(10-8-27)20-18(22)19(24-15-25-20)23-5-6-26-11-13-29-14-12-26/h1-4,15H,5-14,22H2,(H,23,24,25). The van der Waals surface area contributed by atoms with E-state index in [9.17, 15) is 4.39 Å². The van der Waals surface area contributed by atoms with E-state index in [4.69, 9.17) is 10.5 Å². The monoisotopic (exact) mass is 401 g/mol. The fourth-order valence-electron chi connectivity index (χ4n) is 3.76. The van der Waals surface area contributed by atoms with Crippen LogP contribution in [0.3, 0.4) is 0 Å². The third-order valence-electron chi connectivity index (χ3n) is 5.46. The van der Waals surface area contributed by atoms with Crippen LogP contribution in [0.2, 0.25) is 0 Å². The van der Waals surface area contributed by atoms with Crippen molar-refractivity contribution in [3.8, 4) is 0 Å². The first-order valence-electron chi connectivity index (χ1n) is 10.1. The Kier molecular flexibility index (Phi) is 6.26. The lowest BCUT2D eigenvalue weighted by Gasteiger charge is -2.37. The molecule has 0 atom stereocenters. The van der Waals surface area contributed by atoms with Crippen molar-refractivity contribution in [3.63, 3.8) is 0 Å². The molecule has 2 aliphatic heterocycles. The number of hydrogen-bond donors (Lipinski definition) is 2. The average Bonchev–Trinajstić information content (AvgIpc) is 2.76. The molecule has 2 fully saturated rings. The molecule has 2 aliphatic rings. The van der Waals surface area contributed by atoms with Crippen molar-refractivity contribution < 1.29 is 9.13 Å². The minimum atomic E-state index is -0.213. The molecule has 0 saturated carbocycles. The van der Waals surface area contributed by atoms with Gasteiger partial charge in [-0.15, -0.1) is 0 Å². The van der Waals surface area contributed by atoms with Gasteiger partial charge in [-0.2, -0.15) is 0 Å². The lowest BCUT2D eigenvalue weighted by Crippen LogP contribution is -2.47. The summed E-state index contributed by atoms with van der Waals surface area (Å²) < 4.78 is 18.5. The van der Waals surface area contributed by atoms with Crippen LogP contribution in [-0.2, 0) is 4.74 Å². The number of nitrogens with zero attached hydrogens (tertiary/aromatic N) is 5. The van der Waals surface area contributed by atoms with Crippen LogP contribution in [0.25, 0.3) is 0 Å². The number of anilines is 4. The van der Waals surface area contributed by atoms with Crippen LogP contribution in [0, 0.1) is 5.82 Å². The number of halogens is 1. The molecule has 1 aromatic carbocycles. The van der Waals surface area contributed by atoms with E-state index in [0.29, 0.717) is 11.5 Å². The van der Waals surface area contributed by atoms with Crippen molar-refractivity contribution in [3.05, 3.63) is 36.4 Å². The second-order valence-electron chi connectivity index (χ2n) is 7.29. The fourth-order valence-corrected chi connectivity index (χ4v) is 3.76. The maximum Gasteiger partial charge on any atom is 0.157 e. The Balaban J connectivity index is 1.33. The minimum absolute atomic E-state index is 0.213. The molecule has 156 valence electrons. The highest BCUT2D eigenvalue weighted by Crippen LogP contribution is 2.27. The van der Waals surface area contributed by atoms with Crippen LogP contribution in [0.5, 0.6) is 0 Å². The van der Waals surface area contributed by atoms with Crippen molar-refractivity contribution in [2.75, 3.05) is 86.4 Å². The molecular formula is C20H28FN7O. The van der Waals surface area contributed by atoms with Gasteiger partial charge >= 0.3 is 0 Å². The highest BCUT2D eigenvalue weighted by atomic mass is 19.1. The van der Waals surface area contributed by atoms with E-state index in [-0.39, 0.29) is 5.82 Å². The van der Waals surface area contributed by atoms with Crippen LogP contribution < -0.4 is 20.9 Å². The predicted molar refractivity (Wildman–Crippen MR) is 113 cm³/mol. The summed E-state index contributed by atoms with van der Waals surface area (Å²) >= 11 is 0. The molecule has 3 heterocycles. The summed E-state index contributed by atoms with van der Waals surface area (Å²) in [5, 5.41) is 3.35. The van der Waals surface area contributed by atoms with Gasteiger partial charge in [-0.25, -0.2) is 14.4 Å². The van der Waals surface area contributed by atoms with E-state index in [0.717, 1.165) is 77.1 Å². The number of nitrogens with two attached hydrogens (primary N) is 1. The van der Waals surface area contributed by atoms with Crippen molar-refractivity contribution in [2.24, 2.45) is 0 Å². The normalized spacial score (nSPS) is 18.1. The van der Waals surface area contributed by atoms with Crippen molar-refractivity contribution in [2.45, 2.75) is 0 Å². The third-order valence-corrected chi connectivity index (χ3v) is 5.46. The first-order chi connectivity index (χ1) is 14.2. The number of aromatic nitrogens is 2. The van der Waals surface area contributed by atoms with Gasteiger partial charge in [0.15, 0.2) is 11.6 Å². The number of morpholine rings is 1. The summed E-state index contributed by atoms with van der Waals surface area (Å²) in [5.41, 5.74) is 8.00. The Hall–Kier alpha value is -2.65. The maximum absolute atomic E-state index is 13.1. The van der Waals surface area contributed by atoms with Gasteiger partial charge in [0.25, 0.3) is 0 Å². The first kappa shape index (κ1) is 19.7. The summed E-state index contributed by atoms with van der Waals surface area (Å²) in [7, 11) is 0. The second kappa shape index (κ2) is 9.23. The number of ether oxygens (including phenoxy) is 1. The molecule has 9 heteroatoms. The smallest absolute Gasteiger partial charge is 0.157 e. The summed E-state index contributed by atoms with van der Waals surface area (Å²) in [6, 6.07) is 6.64. The number of rotatable bonds is 6. The molecule has 0 amide bonds. The van der Waals surface area contributed by atoms with Gasteiger partial charge in [0.2, 0.25) is 0 Å². The third kappa shape index (κ3) is 4.86. The highest BCUT2D eigenvalue weighted by Gasteiger charge is 2.21. The molecule has 0 bridgehead atoms. The Morgan fingerprint density at radius 3 is 2.38 bits per heavy atom. The molecule has 4 rings (SSSR count). The van der Waals surface area contributed by atoms with Crippen molar-refractivity contribution in [1.29, 1.82) is 0 Å². The van der Waals surface area contributed by atoms with Crippen LogP contribution >= 0.6 is 0 Å². The summed E-state index contributed by atoms with van der Waals surface area (Å²) in [5.74, 6) is 1.24. The predicted octanol–water partition coefficient (Wildman–Crippen LogP) is 1.27. The van der Waals surface area contributed by atoms with E-state index >= 15 is 0 Å². The van der Waals surface area contributed by atoms with Crippen LogP contribution in [-0.4, -0.2) is 80.4 Å². The number of hydrogen-bond acceptors (Lipinski definition) is 8. The highest BCUT2D eigenvalue weighted by molar-refractivity contribution is 5.75. The number of piperazine rings is 1. The van der Waals surface area contributed by atoms with E-state index < -0.39 is 0 Å². The zero-order chi connectivity index (χ0) is 20.1. The van der Waals surface area contributed by atoms with E-state index in [1.807, 2.05) is 12.1 Å². The molecule has 1 aromatic heterocycles. The van der Waals surface area contributed by atoms with Crippen LogP contribution in [0.1, 0.15) is 0 Å². The zero-order valence-corrected chi connectivity index (χ0v) is 16.6. The molecule has 0 radical (unpaired) electrons. The van der Waals surface area contributed by atoms with Gasteiger partial charge in [-0.05, 0) is 24.3 Å². The van der Waals surface area contributed by atoms with E-state index in [1.165, 1.54) is 12.1 Å². The molecule has 2 aromatic rings. The van der Waals surface area contributed by atoms with Gasteiger partial charge in [0, 0.05) is 58.0 Å². The van der Waals surface area contributed by atoms with Gasteiger partial charge in [-0.3, -0.25) is 4.90 Å². The molecule has 2 saturated heterocycles. The minimum Gasteiger partial charge on any atom is -0.393 e. The summed E-state index contributed by atoms with van der Waals surface area (Å²) in [6.45, 7) is 8.47. The van der Waals surface area contributed by atoms with Gasteiger partial charge in [-0.1, -0.05) is 0 Å². The van der Waals surface area contributed by atoms with Crippen LogP contribution in [0.4, 0.5) is 27.4 Å². The zero-order valence-electron chi connectivity index (χ0n) is 16.6. The number of nitrogens with one attached hydrogen (secondary N) is 1. The topological polar surface area (TPSA) is 82.8 Å². The quantitative estimate of drug-likeness (QED) is 0.749. The molecule has 0 unspecified atom stereocenters. The Morgan fingerprint density at radius 2 is 1.66 bits per heavy atom. The van der Waals surface area contributed by atoms with Gasteiger partial charge < -0.3 is 25.6 Å².